The van der Waals surface area contributed by atoms with E-state index < -0.39 is 0 Å². The number of nitrogens with one attached hydrogen (secondary N) is 1. The van der Waals surface area contributed by atoms with Crippen LogP contribution in [0.2, 0.25) is 0 Å². The molecule has 1 aliphatic rings. The molecule has 1 fully saturated rings. The normalized spacial score (nSPS) is 14.7. The first kappa shape index (κ1) is 14.0. The Balaban J connectivity index is 1.68. The molecule has 0 radical (unpaired) electrons. The predicted molar refractivity (Wildman–Crippen MR) is 87.9 cm³/mol. The van der Waals surface area contributed by atoms with Crippen LogP contribution in [0.5, 0.6) is 0 Å². The third-order valence-electron chi connectivity index (χ3n) is 4.28. The van der Waals surface area contributed by atoms with Gasteiger partial charge in [0.15, 0.2) is 0 Å². The Kier molecular flexibility index (Phi) is 4.13. The molecule has 0 amide bonds. The van der Waals surface area contributed by atoms with Crippen molar-refractivity contribution in [2.24, 2.45) is 0 Å². The molecule has 0 bridgehead atoms. The van der Waals surface area contributed by atoms with Crippen molar-refractivity contribution in [1.82, 2.24) is 9.55 Å². The number of nitrogens with zero attached hydrogens (tertiary/aromatic N) is 3. The molecule has 0 aliphatic carbocycles. The number of anilines is 2. The van der Waals surface area contributed by atoms with Gasteiger partial charge in [-0.1, -0.05) is 0 Å². The number of hydrogen-bond acceptors (Lipinski definition) is 3. The molecule has 21 heavy (non-hydrogen) atoms. The van der Waals surface area contributed by atoms with E-state index in [1.807, 2.05) is 12.5 Å². The highest BCUT2D eigenvalue weighted by molar-refractivity contribution is 5.60. The summed E-state index contributed by atoms with van der Waals surface area (Å²) < 4.78 is 2.17. The van der Waals surface area contributed by atoms with Gasteiger partial charge in [0.05, 0.1) is 18.6 Å². The lowest BCUT2D eigenvalue weighted by Gasteiger charge is -2.19. The van der Waals surface area contributed by atoms with Crippen LogP contribution in [0.4, 0.5) is 11.4 Å². The highest BCUT2D eigenvalue weighted by Crippen LogP contribution is 2.25. The average Bonchev–Trinajstić information content (AvgIpc) is 3.17. The van der Waals surface area contributed by atoms with E-state index in [9.17, 15) is 0 Å². The zero-order valence-electron chi connectivity index (χ0n) is 13.0. The lowest BCUT2D eigenvalue weighted by molar-refractivity contribution is 0.719. The Morgan fingerprint density at radius 3 is 2.76 bits per heavy atom. The Hall–Kier alpha value is -1.97. The second kappa shape index (κ2) is 6.20. The molecule has 1 aromatic heterocycles. The van der Waals surface area contributed by atoms with Crippen LogP contribution in [0.3, 0.4) is 0 Å². The molecule has 0 saturated carbocycles. The van der Waals surface area contributed by atoms with Crippen molar-refractivity contribution in [2.45, 2.75) is 39.8 Å². The molecule has 112 valence electrons. The third-order valence-corrected chi connectivity index (χ3v) is 4.28. The molecule has 2 aromatic rings. The van der Waals surface area contributed by atoms with Gasteiger partial charge in [0, 0.05) is 37.2 Å². The van der Waals surface area contributed by atoms with E-state index in [0.29, 0.717) is 0 Å². The Bertz CT molecular complexity index is 597. The molecular weight excluding hydrogens is 260 g/mol. The van der Waals surface area contributed by atoms with Crippen LogP contribution < -0.4 is 10.2 Å². The number of rotatable bonds is 5. The minimum Gasteiger partial charge on any atom is -0.379 e. The van der Waals surface area contributed by atoms with E-state index in [1.165, 1.54) is 48.6 Å². The summed E-state index contributed by atoms with van der Waals surface area (Å²) in [6, 6.07) is 6.73. The fourth-order valence-corrected chi connectivity index (χ4v) is 2.98. The molecular formula is C17H24N4. The van der Waals surface area contributed by atoms with Gasteiger partial charge in [-0.15, -0.1) is 0 Å². The summed E-state index contributed by atoms with van der Waals surface area (Å²) in [5.74, 6) is 0. The van der Waals surface area contributed by atoms with Crippen molar-refractivity contribution in [3.8, 4) is 0 Å². The van der Waals surface area contributed by atoms with Crippen LogP contribution in [-0.2, 0) is 13.1 Å². The maximum Gasteiger partial charge on any atom is 0.0948 e. The number of hydrogen-bond donors (Lipinski definition) is 1. The maximum atomic E-state index is 4.21. The van der Waals surface area contributed by atoms with Gasteiger partial charge < -0.3 is 14.8 Å². The van der Waals surface area contributed by atoms with Gasteiger partial charge in [-0.25, -0.2) is 4.98 Å². The largest absolute Gasteiger partial charge is 0.379 e. The zero-order chi connectivity index (χ0) is 14.7. The molecule has 1 aromatic carbocycles. The molecule has 1 saturated heterocycles. The number of aryl methyl sites for hydroxylation is 2. The van der Waals surface area contributed by atoms with Crippen LogP contribution >= 0.6 is 0 Å². The average molecular weight is 284 g/mol. The third kappa shape index (κ3) is 3.04. The van der Waals surface area contributed by atoms with Crippen LogP contribution in [-0.4, -0.2) is 22.6 Å². The van der Waals surface area contributed by atoms with E-state index in [2.05, 4.69) is 51.8 Å². The first-order chi connectivity index (χ1) is 10.3. The summed E-state index contributed by atoms with van der Waals surface area (Å²) in [5, 5.41) is 3.53. The summed E-state index contributed by atoms with van der Waals surface area (Å²) in [6.45, 7) is 8.49. The number of aromatic nitrogens is 2. The van der Waals surface area contributed by atoms with Crippen molar-refractivity contribution in [3.63, 3.8) is 0 Å². The standard InChI is InChI=1S/C17H24N4/c1-3-20-13-18-11-16(20)12-19-17-7-6-15(10-14(17)2)21-8-4-5-9-21/h6-7,10-11,13,19H,3-5,8-9,12H2,1-2H3. The van der Waals surface area contributed by atoms with E-state index in [0.717, 1.165) is 13.1 Å². The molecule has 1 aliphatic heterocycles. The van der Waals surface area contributed by atoms with Crippen LogP contribution in [0, 0.1) is 6.92 Å². The molecule has 2 heterocycles. The zero-order valence-corrected chi connectivity index (χ0v) is 13.0. The summed E-state index contributed by atoms with van der Waals surface area (Å²) in [6.07, 6.45) is 6.46. The van der Waals surface area contributed by atoms with E-state index in [-0.39, 0.29) is 0 Å². The first-order valence-electron chi connectivity index (χ1n) is 7.86. The van der Waals surface area contributed by atoms with Crippen molar-refractivity contribution in [3.05, 3.63) is 42.0 Å². The molecule has 4 heteroatoms. The fraction of sp³-hybridized carbons (Fsp3) is 0.471. The second-order valence-electron chi connectivity index (χ2n) is 5.72. The van der Waals surface area contributed by atoms with Crippen molar-refractivity contribution in [2.75, 3.05) is 23.3 Å². The second-order valence-corrected chi connectivity index (χ2v) is 5.72. The van der Waals surface area contributed by atoms with Gasteiger partial charge in [-0.05, 0) is 50.5 Å². The quantitative estimate of drug-likeness (QED) is 0.913. The van der Waals surface area contributed by atoms with Crippen LogP contribution in [0.1, 0.15) is 31.0 Å². The molecule has 4 nitrogen and oxygen atoms in total. The maximum absolute atomic E-state index is 4.21. The summed E-state index contributed by atoms with van der Waals surface area (Å²) in [7, 11) is 0. The number of benzene rings is 1. The van der Waals surface area contributed by atoms with E-state index in [1.54, 1.807) is 0 Å². The van der Waals surface area contributed by atoms with Crippen molar-refractivity contribution < 1.29 is 0 Å². The SMILES string of the molecule is CCn1cncc1CNc1ccc(N2CCCC2)cc1C. The van der Waals surface area contributed by atoms with E-state index in [4.69, 9.17) is 0 Å². The molecule has 0 unspecified atom stereocenters. The smallest absolute Gasteiger partial charge is 0.0948 e. The van der Waals surface area contributed by atoms with Gasteiger partial charge in [-0.2, -0.15) is 0 Å². The van der Waals surface area contributed by atoms with Gasteiger partial charge in [0.25, 0.3) is 0 Å². The van der Waals surface area contributed by atoms with E-state index >= 15 is 0 Å². The van der Waals surface area contributed by atoms with Crippen LogP contribution in [0.15, 0.2) is 30.7 Å². The van der Waals surface area contributed by atoms with Crippen molar-refractivity contribution in [1.29, 1.82) is 0 Å². The lowest BCUT2D eigenvalue weighted by Crippen LogP contribution is -2.17. The Morgan fingerprint density at radius 2 is 2.05 bits per heavy atom. The lowest BCUT2D eigenvalue weighted by atomic mass is 10.1. The number of imidazole rings is 1. The molecule has 0 spiro atoms. The summed E-state index contributed by atoms with van der Waals surface area (Å²) in [4.78, 5) is 6.69. The molecule has 3 rings (SSSR count). The molecule has 0 atom stereocenters. The monoisotopic (exact) mass is 284 g/mol. The first-order valence-corrected chi connectivity index (χ1v) is 7.86. The Morgan fingerprint density at radius 1 is 1.24 bits per heavy atom. The van der Waals surface area contributed by atoms with Crippen molar-refractivity contribution >= 4 is 11.4 Å². The molecule has 1 N–H and O–H groups in total. The van der Waals surface area contributed by atoms with Gasteiger partial charge >= 0.3 is 0 Å². The van der Waals surface area contributed by atoms with Gasteiger partial charge in [0.1, 0.15) is 0 Å². The highest BCUT2D eigenvalue weighted by Gasteiger charge is 2.13. The topological polar surface area (TPSA) is 33.1 Å². The predicted octanol–water partition coefficient (Wildman–Crippen LogP) is 3.42. The minimum absolute atomic E-state index is 0.817. The highest BCUT2D eigenvalue weighted by atomic mass is 15.1. The van der Waals surface area contributed by atoms with Gasteiger partial charge in [0.2, 0.25) is 0 Å². The summed E-state index contributed by atoms with van der Waals surface area (Å²) >= 11 is 0. The fourth-order valence-electron chi connectivity index (χ4n) is 2.98. The minimum atomic E-state index is 0.817. The van der Waals surface area contributed by atoms with Gasteiger partial charge in [-0.3, -0.25) is 0 Å². The Labute approximate surface area is 126 Å². The summed E-state index contributed by atoms with van der Waals surface area (Å²) in [5.41, 5.74) is 5.10. The van der Waals surface area contributed by atoms with Crippen LogP contribution in [0.25, 0.3) is 0 Å².